The number of hydrogen-bond acceptors (Lipinski definition) is 6. The maximum absolute atomic E-state index is 12.5. The van der Waals surface area contributed by atoms with E-state index < -0.39 is 10.8 Å². The van der Waals surface area contributed by atoms with E-state index in [9.17, 15) is 14.9 Å². The molecule has 0 spiro atoms. The first kappa shape index (κ1) is 16.9. The number of para-hydroxylation sites is 1. The van der Waals surface area contributed by atoms with Crippen molar-refractivity contribution in [2.75, 3.05) is 45.8 Å². The lowest BCUT2D eigenvalue weighted by molar-refractivity contribution is -0.384. The average Bonchev–Trinajstić information content (AvgIpc) is 2.49. The van der Waals surface area contributed by atoms with E-state index in [1.165, 1.54) is 24.1 Å². The molecule has 1 aromatic rings. The van der Waals surface area contributed by atoms with Gasteiger partial charge in [0.05, 0.1) is 18.1 Å². The van der Waals surface area contributed by atoms with Crippen molar-refractivity contribution in [3.8, 4) is 0 Å². The summed E-state index contributed by atoms with van der Waals surface area (Å²) in [6.07, 6.45) is 0. The quantitative estimate of drug-likeness (QED) is 0.541. The molecule has 0 aromatic heterocycles. The predicted octanol–water partition coefficient (Wildman–Crippen LogP) is 0.717. The third-order valence-electron chi connectivity index (χ3n) is 2.94. The first-order valence-corrected chi connectivity index (χ1v) is 6.41. The number of aliphatic hydroxyl groups excluding tert-OH is 1. The van der Waals surface area contributed by atoms with E-state index in [1.807, 2.05) is 0 Å². The van der Waals surface area contributed by atoms with Gasteiger partial charge in [0.25, 0.3) is 5.91 Å². The van der Waals surface area contributed by atoms with Crippen LogP contribution in [-0.2, 0) is 4.74 Å². The van der Waals surface area contributed by atoms with Gasteiger partial charge in [0.2, 0.25) is 0 Å². The van der Waals surface area contributed by atoms with Crippen molar-refractivity contribution in [3.63, 3.8) is 0 Å². The highest BCUT2D eigenvalue weighted by Crippen LogP contribution is 2.29. The van der Waals surface area contributed by atoms with Crippen LogP contribution in [0.5, 0.6) is 0 Å². The molecule has 0 heterocycles. The van der Waals surface area contributed by atoms with Crippen molar-refractivity contribution in [2.24, 2.45) is 0 Å². The molecule has 2 N–H and O–H groups in total. The van der Waals surface area contributed by atoms with Crippen LogP contribution >= 0.6 is 0 Å². The molecule has 0 bridgehead atoms. The normalized spacial score (nSPS) is 10.2. The highest BCUT2D eigenvalue weighted by atomic mass is 16.6. The number of amides is 1. The Morgan fingerprint density at radius 2 is 2.19 bits per heavy atom. The summed E-state index contributed by atoms with van der Waals surface area (Å²) < 4.78 is 4.91. The number of ether oxygens (including phenoxy) is 1. The second-order valence-corrected chi connectivity index (χ2v) is 4.22. The molecule has 0 aliphatic rings. The van der Waals surface area contributed by atoms with Gasteiger partial charge in [0.1, 0.15) is 11.3 Å². The van der Waals surface area contributed by atoms with Crippen molar-refractivity contribution >= 4 is 17.3 Å². The van der Waals surface area contributed by atoms with E-state index in [2.05, 4.69) is 5.32 Å². The fourth-order valence-corrected chi connectivity index (χ4v) is 1.92. The minimum atomic E-state index is -0.591. The van der Waals surface area contributed by atoms with E-state index in [1.54, 1.807) is 13.1 Å². The molecule has 0 radical (unpaired) electrons. The van der Waals surface area contributed by atoms with Gasteiger partial charge < -0.3 is 20.1 Å². The summed E-state index contributed by atoms with van der Waals surface area (Å²) in [5, 5.41) is 23.0. The van der Waals surface area contributed by atoms with Crippen LogP contribution in [0.15, 0.2) is 18.2 Å². The highest BCUT2D eigenvalue weighted by molar-refractivity contribution is 6.00. The van der Waals surface area contributed by atoms with E-state index in [-0.39, 0.29) is 43.2 Å². The lowest BCUT2D eigenvalue weighted by Gasteiger charge is -2.21. The van der Waals surface area contributed by atoms with Crippen LogP contribution < -0.4 is 5.32 Å². The number of nitrogens with one attached hydrogen (secondary N) is 1. The Balaban J connectivity index is 3.17. The Morgan fingerprint density at radius 3 is 2.71 bits per heavy atom. The number of aliphatic hydroxyl groups is 1. The molecule has 0 unspecified atom stereocenters. The van der Waals surface area contributed by atoms with Crippen LogP contribution in [0.4, 0.5) is 11.4 Å². The van der Waals surface area contributed by atoms with Crippen LogP contribution in [0.1, 0.15) is 10.4 Å². The van der Waals surface area contributed by atoms with Crippen molar-refractivity contribution in [2.45, 2.75) is 0 Å². The SMILES string of the molecule is CNc1cccc(C(=O)N(CCO)CCOC)c1[N+](=O)[O-]. The Hall–Kier alpha value is -2.19. The van der Waals surface area contributed by atoms with Crippen LogP contribution in [0.3, 0.4) is 0 Å². The molecule has 0 atom stereocenters. The van der Waals surface area contributed by atoms with Gasteiger partial charge in [-0.1, -0.05) is 6.07 Å². The Labute approximate surface area is 122 Å². The summed E-state index contributed by atoms with van der Waals surface area (Å²) in [5.41, 5.74) is -0.0247. The predicted molar refractivity (Wildman–Crippen MR) is 77.5 cm³/mol. The van der Waals surface area contributed by atoms with Gasteiger partial charge in [-0.2, -0.15) is 0 Å². The van der Waals surface area contributed by atoms with E-state index in [0.29, 0.717) is 0 Å². The first-order chi connectivity index (χ1) is 10.1. The highest BCUT2D eigenvalue weighted by Gasteiger charge is 2.27. The van der Waals surface area contributed by atoms with E-state index >= 15 is 0 Å². The second-order valence-electron chi connectivity index (χ2n) is 4.22. The summed E-state index contributed by atoms with van der Waals surface area (Å²) in [5.74, 6) is -0.509. The third-order valence-corrected chi connectivity index (χ3v) is 2.94. The van der Waals surface area contributed by atoms with E-state index in [0.717, 1.165) is 0 Å². The largest absolute Gasteiger partial charge is 0.395 e. The molecular weight excluding hydrogens is 278 g/mol. The zero-order valence-electron chi connectivity index (χ0n) is 12.0. The summed E-state index contributed by atoms with van der Waals surface area (Å²) in [6.45, 7) is 0.389. The zero-order valence-corrected chi connectivity index (χ0v) is 12.0. The molecule has 1 aromatic carbocycles. The van der Waals surface area contributed by atoms with Crippen molar-refractivity contribution in [3.05, 3.63) is 33.9 Å². The molecule has 1 amide bonds. The Kier molecular flexibility index (Phi) is 6.57. The van der Waals surface area contributed by atoms with Gasteiger partial charge >= 0.3 is 5.69 Å². The molecule has 0 saturated carbocycles. The maximum Gasteiger partial charge on any atom is 0.305 e. The van der Waals surface area contributed by atoms with Crippen LogP contribution in [-0.4, -0.2) is 61.3 Å². The number of hydrogen-bond donors (Lipinski definition) is 2. The molecule has 0 aliphatic carbocycles. The standard InChI is InChI=1S/C13H19N3O5/c1-14-11-5-3-4-10(12(11)16(19)20)13(18)15(6-8-17)7-9-21-2/h3-5,14,17H,6-9H2,1-2H3. The fourth-order valence-electron chi connectivity index (χ4n) is 1.92. The zero-order chi connectivity index (χ0) is 15.8. The third kappa shape index (κ3) is 4.14. The lowest BCUT2D eigenvalue weighted by Crippen LogP contribution is -2.36. The Bertz CT molecular complexity index is 507. The smallest absolute Gasteiger partial charge is 0.305 e. The van der Waals surface area contributed by atoms with Gasteiger partial charge in [-0.05, 0) is 12.1 Å². The number of rotatable bonds is 8. The minimum absolute atomic E-state index is 0.0172. The number of benzene rings is 1. The number of carbonyl (C=O) groups excluding carboxylic acids is 1. The van der Waals surface area contributed by atoms with Gasteiger partial charge in [-0.3, -0.25) is 14.9 Å². The van der Waals surface area contributed by atoms with E-state index in [4.69, 9.17) is 9.84 Å². The summed E-state index contributed by atoms with van der Waals surface area (Å²) in [7, 11) is 3.04. The van der Waals surface area contributed by atoms with Gasteiger partial charge in [0.15, 0.2) is 0 Å². The molecule has 0 aliphatic heterocycles. The first-order valence-electron chi connectivity index (χ1n) is 6.41. The minimum Gasteiger partial charge on any atom is -0.395 e. The maximum atomic E-state index is 12.5. The second kappa shape index (κ2) is 8.18. The molecule has 21 heavy (non-hydrogen) atoms. The molecule has 0 fully saturated rings. The summed E-state index contributed by atoms with van der Waals surface area (Å²) >= 11 is 0. The van der Waals surface area contributed by atoms with Crippen LogP contribution in [0.2, 0.25) is 0 Å². The average molecular weight is 297 g/mol. The molecule has 8 nitrogen and oxygen atoms in total. The van der Waals surface area contributed by atoms with Crippen LogP contribution in [0.25, 0.3) is 0 Å². The summed E-state index contributed by atoms with van der Waals surface area (Å²) in [6, 6.07) is 4.50. The van der Waals surface area contributed by atoms with Gasteiger partial charge in [0, 0.05) is 27.2 Å². The monoisotopic (exact) mass is 297 g/mol. The molecule has 8 heteroatoms. The van der Waals surface area contributed by atoms with Gasteiger partial charge in [-0.25, -0.2) is 0 Å². The lowest BCUT2D eigenvalue weighted by atomic mass is 10.1. The molecule has 0 saturated heterocycles. The van der Waals surface area contributed by atoms with Crippen molar-refractivity contribution in [1.29, 1.82) is 0 Å². The fraction of sp³-hybridized carbons (Fsp3) is 0.462. The number of nitro benzene ring substituents is 1. The number of nitrogens with zero attached hydrogens (tertiary/aromatic N) is 2. The molecule has 1 rings (SSSR count). The Morgan fingerprint density at radius 1 is 1.48 bits per heavy atom. The number of carbonyl (C=O) groups is 1. The number of methoxy groups -OCH3 is 1. The topological polar surface area (TPSA) is 105 Å². The molecule has 116 valence electrons. The van der Waals surface area contributed by atoms with Crippen LogP contribution in [0, 0.1) is 10.1 Å². The van der Waals surface area contributed by atoms with Gasteiger partial charge in [-0.15, -0.1) is 0 Å². The van der Waals surface area contributed by atoms with Crippen molar-refractivity contribution in [1.82, 2.24) is 4.90 Å². The van der Waals surface area contributed by atoms with Crippen molar-refractivity contribution < 1.29 is 19.6 Å². The molecular formula is C13H19N3O5. The number of nitro groups is 1. The summed E-state index contributed by atoms with van der Waals surface area (Å²) in [4.78, 5) is 24.4. The number of anilines is 1.